The highest BCUT2D eigenvalue weighted by atomic mass is 32.1. The van der Waals surface area contributed by atoms with Crippen LogP contribution in [0.1, 0.15) is 17.0 Å². The Morgan fingerprint density at radius 3 is 2.71 bits per heavy atom. The second-order valence-electron chi connectivity index (χ2n) is 5.31. The van der Waals surface area contributed by atoms with Crippen molar-refractivity contribution >= 4 is 12.2 Å². The zero-order chi connectivity index (χ0) is 16.9. The number of aromatic amines is 1. The third-order valence-electron chi connectivity index (χ3n) is 3.50. The van der Waals surface area contributed by atoms with Crippen molar-refractivity contribution in [1.82, 2.24) is 14.9 Å². The minimum Gasteiger partial charge on any atom is -0.489 e. The quantitative estimate of drug-likeness (QED) is 0.669. The van der Waals surface area contributed by atoms with E-state index in [-0.39, 0.29) is 5.82 Å². The molecule has 0 unspecified atom stereocenters. The molecule has 0 aliphatic heterocycles. The van der Waals surface area contributed by atoms with Gasteiger partial charge in [0, 0.05) is 0 Å². The molecule has 1 heterocycles. The van der Waals surface area contributed by atoms with Crippen LogP contribution in [-0.2, 0) is 13.2 Å². The van der Waals surface area contributed by atoms with E-state index in [1.54, 1.807) is 16.8 Å². The maximum absolute atomic E-state index is 12.9. The minimum absolute atomic E-state index is 0.250. The summed E-state index contributed by atoms with van der Waals surface area (Å²) < 4.78 is 20.9. The molecule has 3 rings (SSSR count). The molecule has 0 spiro atoms. The predicted octanol–water partition coefficient (Wildman–Crippen LogP) is 3.71. The summed E-state index contributed by atoms with van der Waals surface area (Å²) in [6.45, 7) is 2.84. The Bertz CT molecular complexity index is 873. The molecule has 5 nitrogen and oxygen atoms in total. The Morgan fingerprint density at radius 2 is 2.00 bits per heavy atom. The Balaban J connectivity index is 1.61. The molecule has 0 amide bonds. The van der Waals surface area contributed by atoms with Crippen LogP contribution in [0.5, 0.6) is 5.75 Å². The monoisotopic (exact) mass is 344 g/mol. The lowest BCUT2D eigenvalue weighted by Gasteiger charge is -2.10. The summed E-state index contributed by atoms with van der Waals surface area (Å²) in [6.07, 6.45) is 0. The van der Waals surface area contributed by atoms with Crippen LogP contribution in [0.4, 0.5) is 4.39 Å². The van der Waals surface area contributed by atoms with Gasteiger partial charge in [0.05, 0.1) is 6.54 Å². The van der Waals surface area contributed by atoms with Crippen molar-refractivity contribution in [1.29, 1.82) is 0 Å². The van der Waals surface area contributed by atoms with Gasteiger partial charge in [-0.15, -0.1) is 0 Å². The van der Waals surface area contributed by atoms with Crippen LogP contribution in [0.2, 0.25) is 0 Å². The first-order chi connectivity index (χ1) is 11.6. The first kappa shape index (κ1) is 16.2. The Morgan fingerprint density at radius 1 is 1.21 bits per heavy atom. The number of hydrogen-bond donors (Lipinski definition) is 2. The Hall–Kier alpha value is -2.67. The number of ether oxygens (including phenoxy) is 1. The molecule has 0 bridgehead atoms. The van der Waals surface area contributed by atoms with Crippen molar-refractivity contribution < 1.29 is 9.13 Å². The van der Waals surface area contributed by atoms with Gasteiger partial charge >= 0.3 is 0 Å². The second kappa shape index (κ2) is 7.27. The molecule has 24 heavy (non-hydrogen) atoms. The molecule has 124 valence electrons. The fourth-order valence-corrected chi connectivity index (χ4v) is 2.47. The molecule has 2 aromatic carbocycles. The number of nitrogens with one attached hydrogen (secondary N) is 2. The molecule has 0 aliphatic carbocycles. The van der Waals surface area contributed by atoms with Gasteiger partial charge in [-0.1, -0.05) is 24.3 Å². The molecule has 0 radical (unpaired) electrons. The number of hydrogen-bond acceptors (Lipinski definition) is 4. The largest absolute Gasteiger partial charge is 0.489 e. The topological polar surface area (TPSA) is 54.9 Å². The van der Waals surface area contributed by atoms with Gasteiger partial charge in [-0.2, -0.15) is 5.10 Å². The Labute approximate surface area is 144 Å². The number of benzene rings is 2. The molecule has 0 saturated carbocycles. The SMILES string of the molecule is Cc1n[nH]c(=S)n1NCc1cccc(OCc2ccc(F)cc2)c1. The van der Waals surface area contributed by atoms with Crippen LogP contribution in [0.25, 0.3) is 0 Å². The summed E-state index contributed by atoms with van der Waals surface area (Å²) >= 11 is 5.15. The molecule has 0 fully saturated rings. The van der Waals surface area contributed by atoms with Gasteiger partial charge in [-0.3, -0.25) is 5.10 Å². The first-order valence-electron chi connectivity index (χ1n) is 7.46. The number of aryl methyl sites for hydroxylation is 1. The van der Waals surface area contributed by atoms with E-state index in [9.17, 15) is 4.39 Å². The average molecular weight is 344 g/mol. The van der Waals surface area contributed by atoms with E-state index in [1.807, 2.05) is 31.2 Å². The van der Waals surface area contributed by atoms with Crippen LogP contribution >= 0.6 is 12.2 Å². The lowest BCUT2D eigenvalue weighted by Crippen LogP contribution is -2.16. The maximum Gasteiger partial charge on any atom is 0.214 e. The van der Waals surface area contributed by atoms with Gasteiger partial charge in [0.2, 0.25) is 4.77 Å². The molecular weight excluding hydrogens is 327 g/mol. The van der Waals surface area contributed by atoms with Crippen LogP contribution in [0, 0.1) is 17.5 Å². The van der Waals surface area contributed by atoms with E-state index in [1.165, 1.54) is 12.1 Å². The molecule has 3 aromatic rings. The van der Waals surface area contributed by atoms with E-state index in [4.69, 9.17) is 17.0 Å². The van der Waals surface area contributed by atoms with Crippen molar-refractivity contribution in [3.8, 4) is 5.75 Å². The van der Waals surface area contributed by atoms with Crippen LogP contribution in [-0.4, -0.2) is 14.9 Å². The summed E-state index contributed by atoms with van der Waals surface area (Å²) in [5, 5.41) is 6.78. The van der Waals surface area contributed by atoms with Gasteiger partial charge in [0.25, 0.3) is 0 Å². The predicted molar refractivity (Wildman–Crippen MR) is 92.4 cm³/mol. The maximum atomic E-state index is 12.9. The molecule has 2 N–H and O–H groups in total. The lowest BCUT2D eigenvalue weighted by molar-refractivity contribution is 0.306. The molecule has 7 heteroatoms. The van der Waals surface area contributed by atoms with Crippen LogP contribution < -0.4 is 10.2 Å². The summed E-state index contributed by atoms with van der Waals surface area (Å²) in [7, 11) is 0. The highest BCUT2D eigenvalue weighted by Crippen LogP contribution is 2.16. The number of rotatable bonds is 6. The van der Waals surface area contributed by atoms with E-state index in [2.05, 4.69) is 15.6 Å². The third kappa shape index (κ3) is 3.99. The van der Waals surface area contributed by atoms with Crippen molar-refractivity contribution in [3.05, 3.63) is 76.1 Å². The zero-order valence-corrected chi connectivity index (χ0v) is 13.9. The summed E-state index contributed by atoms with van der Waals surface area (Å²) in [5.41, 5.74) is 5.17. The number of aromatic nitrogens is 3. The third-order valence-corrected chi connectivity index (χ3v) is 3.77. The van der Waals surface area contributed by atoms with E-state index in [0.717, 1.165) is 22.7 Å². The number of halogens is 1. The average Bonchev–Trinajstić information content (AvgIpc) is 2.91. The van der Waals surface area contributed by atoms with Gasteiger partial charge in [0.15, 0.2) is 0 Å². The van der Waals surface area contributed by atoms with Crippen LogP contribution in [0.3, 0.4) is 0 Å². The number of nitrogens with zero attached hydrogens (tertiary/aromatic N) is 2. The number of H-pyrrole nitrogens is 1. The summed E-state index contributed by atoms with van der Waals surface area (Å²) in [6, 6.07) is 14.0. The molecule has 1 aromatic heterocycles. The van der Waals surface area contributed by atoms with E-state index in [0.29, 0.717) is 17.9 Å². The van der Waals surface area contributed by atoms with E-state index >= 15 is 0 Å². The van der Waals surface area contributed by atoms with Crippen molar-refractivity contribution in [2.75, 3.05) is 5.43 Å². The highest BCUT2D eigenvalue weighted by Gasteiger charge is 2.02. The highest BCUT2D eigenvalue weighted by molar-refractivity contribution is 7.71. The van der Waals surface area contributed by atoms with Gasteiger partial charge < -0.3 is 10.2 Å². The fourth-order valence-electron chi connectivity index (χ4n) is 2.22. The fraction of sp³-hybridized carbons (Fsp3) is 0.176. The summed E-state index contributed by atoms with van der Waals surface area (Å²) in [4.78, 5) is 0. The normalized spacial score (nSPS) is 10.6. The minimum atomic E-state index is -0.250. The molecular formula is C17H17FN4OS. The Kier molecular flexibility index (Phi) is 4.90. The van der Waals surface area contributed by atoms with Gasteiger partial charge in [0.1, 0.15) is 24.0 Å². The molecule has 0 saturated heterocycles. The van der Waals surface area contributed by atoms with Gasteiger partial charge in [-0.05, 0) is 54.5 Å². The summed E-state index contributed by atoms with van der Waals surface area (Å²) in [5.74, 6) is 1.27. The van der Waals surface area contributed by atoms with Gasteiger partial charge in [-0.25, -0.2) is 9.07 Å². The standard InChI is InChI=1S/C17H17FN4OS/c1-12-20-21-17(24)22(12)19-10-14-3-2-4-16(9-14)23-11-13-5-7-15(18)8-6-13/h2-9,19H,10-11H2,1H3,(H,21,24). The van der Waals surface area contributed by atoms with Crippen molar-refractivity contribution in [2.45, 2.75) is 20.1 Å². The zero-order valence-electron chi connectivity index (χ0n) is 13.1. The smallest absolute Gasteiger partial charge is 0.214 e. The lowest BCUT2D eigenvalue weighted by atomic mass is 10.2. The van der Waals surface area contributed by atoms with Crippen LogP contribution in [0.15, 0.2) is 48.5 Å². The molecule has 0 atom stereocenters. The first-order valence-corrected chi connectivity index (χ1v) is 7.87. The van der Waals surface area contributed by atoms with Crippen molar-refractivity contribution in [2.24, 2.45) is 0 Å². The molecule has 0 aliphatic rings. The second-order valence-corrected chi connectivity index (χ2v) is 5.70. The van der Waals surface area contributed by atoms with Crippen molar-refractivity contribution in [3.63, 3.8) is 0 Å². The van der Waals surface area contributed by atoms with E-state index < -0.39 is 0 Å².